The second-order valence-electron chi connectivity index (χ2n) is 10.3. The molecule has 7 nitrogen and oxygen atoms in total. The van der Waals surface area contributed by atoms with Gasteiger partial charge in [0.1, 0.15) is 5.76 Å². The lowest BCUT2D eigenvalue weighted by Gasteiger charge is -2.40. The van der Waals surface area contributed by atoms with Crippen LogP contribution in [0.4, 0.5) is 0 Å². The number of benzene rings is 1. The van der Waals surface area contributed by atoms with Gasteiger partial charge in [0, 0.05) is 49.1 Å². The number of aryl methyl sites for hydroxylation is 1. The zero-order valence-corrected chi connectivity index (χ0v) is 20.4. The van der Waals surface area contributed by atoms with Gasteiger partial charge >= 0.3 is 0 Å². The number of carbonyl (C=O) groups is 3. The van der Waals surface area contributed by atoms with Crippen molar-refractivity contribution in [3.63, 3.8) is 0 Å². The van der Waals surface area contributed by atoms with Gasteiger partial charge in [-0.2, -0.15) is 0 Å². The first-order chi connectivity index (χ1) is 17.6. The molecule has 2 fully saturated rings. The first-order valence-electron chi connectivity index (χ1n) is 13.1. The van der Waals surface area contributed by atoms with Crippen LogP contribution < -0.4 is 0 Å². The fourth-order valence-corrected chi connectivity index (χ4v) is 6.14. The van der Waals surface area contributed by atoms with E-state index in [0.717, 1.165) is 37.1 Å². The van der Waals surface area contributed by atoms with Gasteiger partial charge in [-0.05, 0) is 68.5 Å². The van der Waals surface area contributed by atoms with Crippen LogP contribution in [0.5, 0.6) is 0 Å². The average Bonchev–Trinajstić information content (AvgIpc) is 3.48. The van der Waals surface area contributed by atoms with Gasteiger partial charge in [0.2, 0.25) is 11.9 Å². The highest BCUT2D eigenvalue weighted by atomic mass is 16.5. The van der Waals surface area contributed by atoms with Gasteiger partial charge in [0.05, 0.1) is 5.57 Å². The molecule has 0 bridgehead atoms. The molecule has 4 heterocycles. The number of hydrogen-bond acceptors (Lipinski definition) is 6. The Hall–Kier alpha value is -3.32. The minimum atomic E-state index is -1.18. The maximum Gasteiger partial charge on any atom is 0.271 e. The summed E-state index contributed by atoms with van der Waals surface area (Å²) in [5.41, 5.74) is 3.48. The number of Topliss-reactive ketones (excluding diaryl/α,β-unsaturated/α-hetero) is 2. The molecule has 4 aliphatic rings. The summed E-state index contributed by atoms with van der Waals surface area (Å²) in [4.78, 5) is 47.9. The third-order valence-corrected chi connectivity index (χ3v) is 8.11. The van der Waals surface area contributed by atoms with Gasteiger partial charge in [0.15, 0.2) is 5.78 Å². The van der Waals surface area contributed by atoms with Crippen molar-refractivity contribution in [3.05, 3.63) is 65.0 Å². The molecule has 0 radical (unpaired) electrons. The number of pyridine rings is 1. The summed E-state index contributed by atoms with van der Waals surface area (Å²) in [6, 6.07) is 9.61. The highest BCUT2D eigenvalue weighted by molar-refractivity contribution is 6.36. The Morgan fingerprint density at radius 1 is 0.889 bits per heavy atom. The normalized spacial score (nSPS) is 23.2. The minimum absolute atomic E-state index is 0.134. The third kappa shape index (κ3) is 4.15. The lowest BCUT2D eigenvalue weighted by atomic mass is 9.94. The molecule has 0 N–H and O–H groups in total. The van der Waals surface area contributed by atoms with Crippen molar-refractivity contribution in [1.82, 2.24) is 14.8 Å². The summed E-state index contributed by atoms with van der Waals surface area (Å²) < 4.78 is 6.16. The highest BCUT2D eigenvalue weighted by Gasteiger charge is 2.44. The van der Waals surface area contributed by atoms with E-state index in [-0.39, 0.29) is 17.5 Å². The maximum atomic E-state index is 13.7. The number of fused-ring (bicyclic) bond motifs is 1. The largest absolute Gasteiger partial charge is 0.471 e. The number of carbonyl (C=O) groups excluding carboxylic acids is 3. The monoisotopic (exact) mass is 485 g/mol. The van der Waals surface area contributed by atoms with Crippen molar-refractivity contribution in [1.29, 1.82) is 0 Å². The second-order valence-corrected chi connectivity index (χ2v) is 10.3. The molecule has 2 aromatic rings. The smallest absolute Gasteiger partial charge is 0.271 e. The molecule has 1 aromatic heterocycles. The van der Waals surface area contributed by atoms with Crippen LogP contribution in [0.1, 0.15) is 65.6 Å². The molecule has 1 amide bonds. The minimum Gasteiger partial charge on any atom is -0.471 e. The fraction of sp³-hybridized carbons (Fsp3) is 0.448. The van der Waals surface area contributed by atoms with E-state index in [4.69, 9.17) is 4.74 Å². The van der Waals surface area contributed by atoms with Crippen molar-refractivity contribution >= 4 is 28.8 Å². The molecule has 1 aromatic carbocycles. The van der Waals surface area contributed by atoms with Crippen LogP contribution in [0.25, 0.3) is 11.3 Å². The Labute approximate surface area is 211 Å². The Bertz CT molecular complexity index is 1220. The molecule has 0 spiro atoms. The maximum absolute atomic E-state index is 13.7. The van der Waals surface area contributed by atoms with E-state index in [2.05, 4.69) is 9.88 Å². The molecule has 3 aliphatic heterocycles. The van der Waals surface area contributed by atoms with Gasteiger partial charge in [-0.15, -0.1) is 0 Å². The van der Waals surface area contributed by atoms with Gasteiger partial charge in [0.25, 0.3) is 5.91 Å². The third-order valence-electron chi connectivity index (χ3n) is 8.11. The Kier molecular flexibility index (Phi) is 6.17. The summed E-state index contributed by atoms with van der Waals surface area (Å²) in [5.74, 6) is -0.0210. The number of ether oxygens (including phenoxy) is 1. The summed E-state index contributed by atoms with van der Waals surface area (Å²) in [6.45, 7) is 3.59. The Balaban J connectivity index is 1.24. The van der Waals surface area contributed by atoms with Crippen molar-refractivity contribution in [2.45, 2.75) is 57.1 Å². The molecule has 1 atom stereocenters. The average molecular weight is 486 g/mol. The molecule has 6 rings (SSSR count). The molecule has 7 heteroatoms. The number of likely N-dealkylation sites (tertiary alicyclic amines) is 2. The van der Waals surface area contributed by atoms with E-state index in [1.54, 1.807) is 41.6 Å². The van der Waals surface area contributed by atoms with E-state index in [1.165, 1.54) is 19.3 Å². The predicted molar refractivity (Wildman–Crippen MR) is 135 cm³/mol. The lowest BCUT2D eigenvalue weighted by Crippen LogP contribution is -2.51. The topological polar surface area (TPSA) is 79.8 Å². The molecule has 186 valence electrons. The SMILES string of the molecule is O=C1CCc2cc(C3=C(c4ccncc4)OC(C(=O)N4CCC(N5CCCCC5)CC4)C3=O)ccc21. The summed E-state index contributed by atoms with van der Waals surface area (Å²) in [6.07, 6.45) is 8.97. The zero-order valence-electron chi connectivity index (χ0n) is 20.4. The molecular weight excluding hydrogens is 454 g/mol. The van der Waals surface area contributed by atoms with Crippen LogP contribution in [0.15, 0.2) is 42.7 Å². The number of piperidine rings is 2. The number of ketones is 2. The molecule has 36 heavy (non-hydrogen) atoms. The van der Waals surface area contributed by atoms with Crippen molar-refractivity contribution in [2.75, 3.05) is 26.2 Å². The van der Waals surface area contributed by atoms with Crippen LogP contribution in [0, 0.1) is 0 Å². The van der Waals surface area contributed by atoms with Crippen molar-refractivity contribution < 1.29 is 19.1 Å². The van der Waals surface area contributed by atoms with E-state index >= 15 is 0 Å². The van der Waals surface area contributed by atoms with E-state index < -0.39 is 6.10 Å². The van der Waals surface area contributed by atoms with Crippen LogP contribution in [-0.2, 0) is 20.7 Å². The van der Waals surface area contributed by atoms with Crippen molar-refractivity contribution in [2.24, 2.45) is 0 Å². The van der Waals surface area contributed by atoms with Crippen molar-refractivity contribution in [3.8, 4) is 0 Å². The summed E-state index contributed by atoms with van der Waals surface area (Å²) in [7, 11) is 0. The first-order valence-corrected chi connectivity index (χ1v) is 13.1. The summed E-state index contributed by atoms with van der Waals surface area (Å²) >= 11 is 0. The number of amides is 1. The second kappa shape index (κ2) is 9.62. The van der Waals surface area contributed by atoms with Gasteiger partial charge in [-0.1, -0.05) is 24.6 Å². The molecule has 0 saturated carbocycles. The molecule has 1 unspecified atom stereocenters. The number of aromatic nitrogens is 1. The van der Waals surface area contributed by atoms with E-state index in [9.17, 15) is 14.4 Å². The Morgan fingerprint density at radius 3 is 2.39 bits per heavy atom. The van der Waals surface area contributed by atoms with Gasteiger partial charge in [-0.25, -0.2) is 0 Å². The number of hydrogen-bond donors (Lipinski definition) is 0. The quantitative estimate of drug-likeness (QED) is 0.617. The van der Waals surface area contributed by atoms with Crippen LogP contribution in [-0.4, -0.2) is 70.6 Å². The van der Waals surface area contributed by atoms with Crippen LogP contribution in [0.3, 0.4) is 0 Å². The lowest BCUT2D eigenvalue weighted by molar-refractivity contribution is -0.144. The standard InChI is InChI=1S/C29H31N3O4/c33-24-7-5-20-18-21(4-6-23(20)24)25-26(34)28(36-27(25)19-8-12-30-13-9-19)29(35)32-16-10-22(11-17-32)31-14-2-1-3-15-31/h4,6,8-9,12-13,18,22,28H,1-3,5,7,10-11,14-17H2. The zero-order chi connectivity index (χ0) is 24.6. The van der Waals surface area contributed by atoms with Crippen LogP contribution >= 0.6 is 0 Å². The molecule has 1 aliphatic carbocycles. The first kappa shape index (κ1) is 23.1. The Morgan fingerprint density at radius 2 is 1.64 bits per heavy atom. The molecular formula is C29H31N3O4. The predicted octanol–water partition coefficient (Wildman–Crippen LogP) is 3.52. The van der Waals surface area contributed by atoms with E-state index in [0.29, 0.717) is 54.4 Å². The number of rotatable bonds is 4. The highest BCUT2D eigenvalue weighted by Crippen LogP contribution is 2.38. The van der Waals surface area contributed by atoms with Gasteiger partial charge in [-0.3, -0.25) is 19.4 Å². The summed E-state index contributed by atoms with van der Waals surface area (Å²) in [5, 5.41) is 0. The molecule has 2 saturated heterocycles. The van der Waals surface area contributed by atoms with E-state index in [1.807, 2.05) is 6.07 Å². The number of nitrogens with zero attached hydrogens (tertiary/aromatic N) is 3. The fourth-order valence-electron chi connectivity index (χ4n) is 6.14. The van der Waals surface area contributed by atoms with Crippen LogP contribution in [0.2, 0.25) is 0 Å². The van der Waals surface area contributed by atoms with Gasteiger partial charge < -0.3 is 14.5 Å².